The van der Waals surface area contributed by atoms with E-state index in [4.69, 9.17) is 4.74 Å². The van der Waals surface area contributed by atoms with Gasteiger partial charge in [-0.2, -0.15) is 9.83 Å². The first-order chi connectivity index (χ1) is 19.6. The van der Waals surface area contributed by atoms with Crippen LogP contribution < -0.4 is 9.13 Å². The van der Waals surface area contributed by atoms with Crippen LogP contribution in [0.4, 0.5) is 8.78 Å². The zero-order chi connectivity index (χ0) is 29.6. The van der Waals surface area contributed by atoms with E-state index in [0.29, 0.717) is 60.3 Å². The Kier molecular flexibility index (Phi) is 7.58. The van der Waals surface area contributed by atoms with Crippen LogP contribution in [0.15, 0.2) is 36.4 Å². The average molecular weight is 561 g/mol. The Hall–Kier alpha value is -3.86. The number of aryl methyl sites for hydroxylation is 1. The van der Waals surface area contributed by atoms with Gasteiger partial charge in [0.05, 0.1) is 18.0 Å². The lowest BCUT2D eigenvalue weighted by atomic mass is 9.70. The number of carbonyl (C=O) groups excluding carboxylic acids is 1. The zero-order valence-electron chi connectivity index (χ0n) is 24.8. The van der Waals surface area contributed by atoms with E-state index in [1.54, 1.807) is 10.6 Å². The summed E-state index contributed by atoms with van der Waals surface area (Å²) < 4.78 is 43.8. The number of allylic oxidation sites excluding steroid dienone is 2. The molecule has 0 spiro atoms. The highest BCUT2D eigenvalue weighted by atomic mass is 19.1. The molecule has 2 aliphatic rings. The number of halogens is 2. The van der Waals surface area contributed by atoms with E-state index < -0.39 is 28.6 Å². The molecule has 214 valence electrons. The van der Waals surface area contributed by atoms with Crippen LogP contribution in [0.5, 0.6) is 0 Å². The molecule has 2 aromatic heterocycles. The fraction of sp³-hybridized carbons (Fsp3) is 0.455. The number of rotatable bonds is 7. The summed E-state index contributed by atoms with van der Waals surface area (Å²) in [5.74, 6) is -1.05. The number of hydrogen-bond acceptors (Lipinski definition) is 3. The molecule has 2 unspecified atom stereocenters. The highest BCUT2D eigenvalue weighted by molar-refractivity contribution is 5.86. The van der Waals surface area contributed by atoms with E-state index in [1.807, 2.05) is 61.5 Å². The Morgan fingerprint density at radius 3 is 2.63 bits per heavy atom. The van der Waals surface area contributed by atoms with Crippen LogP contribution in [-0.2, 0) is 30.2 Å². The van der Waals surface area contributed by atoms with Crippen LogP contribution >= 0.6 is 0 Å². The summed E-state index contributed by atoms with van der Waals surface area (Å²) in [5, 5.41) is 9.74. The number of carbonyl (C=O) groups is 1. The second-order valence-electron chi connectivity index (χ2n) is 11.6. The highest BCUT2D eigenvalue weighted by Crippen LogP contribution is 2.50. The Morgan fingerprint density at radius 1 is 1.22 bits per heavy atom. The molecule has 5 rings (SSSR count). The van der Waals surface area contributed by atoms with Crippen molar-refractivity contribution in [2.75, 3.05) is 0 Å². The number of ether oxygens (including phenoxy) is 1. The quantitative estimate of drug-likeness (QED) is 0.255. The number of nitriles is 1. The molecule has 0 bridgehead atoms. The van der Waals surface area contributed by atoms with Crippen molar-refractivity contribution >= 4 is 11.7 Å². The molecule has 0 saturated heterocycles. The molecule has 8 heteroatoms. The van der Waals surface area contributed by atoms with Gasteiger partial charge in [0.25, 0.3) is 5.70 Å². The van der Waals surface area contributed by atoms with Crippen molar-refractivity contribution in [3.63, 3.8) is 0 Å². The molecular weight excluding hydrogens is 522 g/mol. The number of esters is 1. The van der Waals surface area contributed by atoms with Crippen molar-refractivity contribution in [1.82, 2.24) is 4.57 Å². The van der Waals surface area contributed by atoms with Crippen LogP contribution in [0.25, 0.3) is 17.0 Å². The summed E-state index contributed by atoms with van der Waals surface area (Å²) in [4.78, 5) is 13.7. The highest BCUT2D eigenvalue weighted by Gasteiger charge is 2.52. The van der Waals surface area contributed by atoms with Gasteiger partial charge in [-0.05, 0) is 42.4 Å². The van der Waals surface area contributed by atoms with Crippen molar-refractivity contribution in [1.29, 1.82) is 5.26 Å². The molecule has 0 radical (unpaired) electrons. The van der Waals surface area contributed by atoms with Crippen molar-refractivity contribution in [2.45, 2.75) is 85.1 Å². The van der Waals surface area contributed by atoms with Crippen molar-refractivity contribution in [3.8, 4) is 17.3 Å². The predicted molar refractivity (Wildman–Crippen MR) is 150 cm³/mol. The average Bonchev–Trinajstić information content (AvgIpc) is 3.07. The van der Waals surface area contributed by atoms with Crippen molar-refractivity contribution in [3.05, 3.63) is 76.2 Å². The number of aromatic nitrogens is 3. The molecule has 0 aliphatic carbocycles. The number of benzene rings is 1. The number of fused-ring (bicyclic) bond motifs is 5. The Balaban J connectivity index is 1.90. The first kappa shape index (κ1) is 28.7. The van der Waals surface area contributed by atoms with Gasteiger partial charge in [0.2, 0.25) is 5.69 Å². The van der Waals surface area contributed by atoms with Gasteiger partial charge < -0.3 is 4.74 Å². The third-order valence-electron chi connectivity index (χ3n) is 8.91. The summed E-state index contributed by atoms with van der Waals surface area (Å²) in [7, 11) is 1.83. The first-order valence-corrected chi connectivity index (χ1v) is 14.6. The number of nitrogens with zero attached hydrogens (tertiary/aromatic N) is 4. The maximum atomic E-state index is 16.4. The second-order valence-corrected chi connectivity index (χ2v) is 11.6. The molecule has 2 atom stereocenters. The maximum absolute atomic E-state index is 16.4. The topological polar surface area (TPSA) is 62.8 Å². The molecule has 0 amide bonds. The molecule has 6 nitrogen and oxygen atoms in total. The summed E-state index contributed by atoms with van der Waals surface area (Å²) in [6, 6.07) is 7.03. The summed E-state index contributed by atoms with van der Waals surface area (Å²) in [6.07, 6.45) is 8.38. The van der Waals surface area contributed by atoms with Crippen molar-refractivity contribution < 1.29 is 27.4 Å². The molecule has 2 aliphatic heterocycles. The third kappa shape index (κ3) is 4.46. The minimum atomic E-state index is -0.996. The number of imidazole rings is 1. The van der Waals surface area contributed by atoms with Crippen molar-refractivity contribution in [2.24, 2.45) is 13.0 Å². The second kappa shape index (κ2) is 10.8. The van der Waals surface area contributed by atoms with Gasteiger partial charge in [0.1, 0.15) is 29.3 Å². The molecule has 4 heterocycles. The van der Waals surface area contributed by atoms with E-state index in [1.165, 1.54) is 6.07 Å². The molecular formula is C33H38F2N4O2+2. The lowest BCUT2D eigenvalue weighted by Gasteiger charge is -2.34. The third-order valence-corrected chi connectivity index (χ3v) is 8.91. The summed E-state index contributed by atoms with van der Waals surface area (Å²) in [5.41, 5.74) is 2.15. The van der Waals surface area contributed by atoms with Crippen LogP contribution in [0, 0.1) is 35.8 Å². The number of pyridine rings is 1. The Bertz CT molecular complexity index is 1630. The Morgan fingerprint density at radius 2 is 1.98 bits per heavy atom. The lowest BCUT2D eigenvalue weighted by Crippen LogP contribution is -2.46. The normalized spacial score (nSPS) is 18.4. The Labute approximate surface area is 240 Å². The predicted octanol–water partition coefficient (Wildman–Crippen LogP) is 6.20. The van der Waals surface area contributed by atoms with E-state index in [-0.39, 0.29) is 5.56 Å². The fourth-order valence-electron chi connectivity index (χ4n) is 6.87. The molecule has 0 fully saturated rings. The maximum Gasteiger partial charge on any atom is 0.427 e. The van der Waals surface area contributed by atoms with Crippen LogP contribution in [0.3, 0.4) is 0 Å². The van der Waals surface area contributed by atoms with E-state index in [2.05, 4.69) is 13.8 Å². The molecule has 3 aromatic rings. The van der Waals surface area contributed by atoms with E-state index in [9.17, 15) is 10.1 Å². The molecule has 0 saturated carbocycles. The molecule has 0 N–H and O–H groups in total. The van der Waals surface area contributed by atoms with Gasteiger partial charge in [-0.1, -0.05) is 47.0 Å². The van der Waals surface area contributed by atoms with Gasteiger partial charge in [0.15, 0.2) is 24.3 Å². The largest absolute Gasteiger partial charge is 0.427 e. The smallest absolute Gasteiger partial charge is 0.414 e. The van der Waals surface area contributed by atoms with E-state index in [0.717, 1.165) is 30.5 Å². The fourth-order valence-corrected chi connectivity index (χ4v) is 6.87. The monoisotopic (exact) mass is 560 g/mol. The number of hydrogen-bond donors (Lipinski definition) is 0. The standard InChI is InChI=1S/C33H38F2N4O2/c1-7-10-20(4)14-22-11-13-39-26(15-22)28-24(16-25(34)23(17-36)29(28)35)33(9-3,12-8-2)30-27(39)19-38-18-21(5)37(6)31(38)32(40)41-30/h11,13,15-16,18,20H,7-10,12,14,19H2,1-6H3/q+2. The summed E-state index contributed by atoms with van der Waals surface area (Å²) in [6.45, 7) is 10.6. The van der Waals surface area contributed by atoms with Gasteiger partial charge >= 0.3 is 11.8 Å². The van der Waals surface area contributed by atoms with Crippen LogP contribution in [0.2, 0.25) is 0 Å². The SMILES string of the molecule is CCCC(C)Cc1cc[n+]2c(c1)-c1c(cc(F)c(C#N)c1F)C(CC)(CCC)C1=C2C[n+]2cc(C)n(C)c2C(=O)O1. The van der Waals surface area contributed by atoms with Gasteiger partial charge in [-0.15, -0.1) is 0 Å². The lowest BCUT2D eigenvalue weighted by molar-refractivity contribution is -0.708. The summed E-state index contributed by atoms with van der Waals surface area (Å²) >= 11 is 0. The zero-order valence-corrected chi connectivity index (χ0v) is 24.8. The van der Waals surface area contributed by atoms with Gasteiger partial charge in [0, 0.05) is 19.1 Å². The first-order valence-electron chi connectivity index (χ1n) is 14.6. The molecule has 1 aromatic carbocycles. The van der Waals surface area contributed by atoms with E-state index >= 15 is 8.78 Å². The minimum absolute atomic E-state index is 0.196. The van der Waals surface area contributed by atoms with Crippen LogP contribution in [-0.4, -0.2) is 10.5 Å². The molecule has 41 heavy (non-hydrogen) atoms. The van der Waals surface area contributed by atoms with Gasteiger partial charge in [-0.3, -0.25) is 0 Å². The van der Waals surface area contributed by atoms with Crippen LogP contribution in [0.1, 0.15) is 92.8 Å². The minimum Gasteiger partial charge on any atom is -0.414 e. The van der Waals surface area contributed by atoms with Gasteiger partial charge in [-0.25, -0.2) is 22.7 Å².